The zero-order valence-electron chi connectivity index (χ0n) is 15.0. The molecule has 2 aliphatic heterocycles. The minimum Gasteiger partial charge on any atom is -0.486 e. The van der Waals surface area contributed by atoms with Crippen molar-refractivity contribution in [1.29, 1.82) is 0 Å². The lowest BCUT2D eigenvalue weighted by Crippen LogP contribution is -2.45. The Morgan fingerprint density at radius 3 is 2.76 bits per heavy atom. The maximum absolute atomic E-state index is 12.2. The maximum atomic E-state index is 12.2. The number of para-hydroxylation sites is 2. The van der Waals surface area contributed by atoms with Crippen molar-refractivity contribution in [1.82, 2.24) is 15.5 Å². The maximum Gasteiger partial charge on any atom is 0.234 e. The average molecular weight is 347 g/mol. The number of ether oxygens (including phenoxy) is 2. The molecule has 0 aromatic heterocycles. The zero-order valence-corrected chi connectivity index (χ0v) is 15.0. The molecule has 1 aromatic rings. The number of carbonyl (C=O) groups excluding carboxylic acids is 1. The van der Waals surface area contributed by atoms with Crippen LogP contribution in [-0.4, -0.2) is 63.3 Å². The molecule has 2 aliphatic rings. The number of hydrogen-bond acceptors (Lipinski definition) is 5. The summed E-state index contributed by atoms with van der Waals surface area (Å²) in [5.74, 6) is 2.37. The second-order valence-electron chi connectivity index (χ2n) is 6.91. The fraction of sp³-hybridized carbons (Fsp3) is 0.632. The highest BCUT2D eigenvalue weighted by Crippen LogP contribution is 2.30. The second-order valence-corrected chi connectivity index (χ2v) is 6.91. The fourth-order valence-corrected chi connectivity index (χ4v) is 3.43. The van der Waals surface area contributed by atoms with E-state index in [-0.39, 0.29) is 12.0 Å². The summed E-state index contributed by atoms with van der Waals surface area (Å²) in [6.07, 6.45) is 3.47. The van der Waals surface area contributed by atoms with Crippen molar-refractivity contribution in [2.75, 3.05) is 46.4 Å². The topological polar surface area (TPSA) is 62.8 Å². The molecule has 2 heterocycles. The predicted molar refractivity (Wildman–Crippen MR) is 97.1 cm³/mol. The molecule has 1 aromatic carbocycles. The molecule has 1 fully saturated rings. The number of nitrogens with zero attached hydrogens (tertiary/aromatic N) is 1. The molecule has 0 spiro atoms. The van der Waals surface area contributed by atoms with Crippen molar-refractivity contribution < 1.29 is 14.3 Å². The molecule has 0 saturated carbocycles. The van der Waals surface area contributed by atoms with E-state index in [1.54, 1.807) is 0 Å². The molecule has 0 aliphatic carbocycles. The standard InChI is InChI=1S/C19H29N3O3/c1-20-9-6-15-7-10-22(11-8-15)13-19(23)21-12-16-14-24-17-4-2-3-5-18(17)25-16/h2-5,15-16,20H,6-14H2,1H3,(H,21,23). The van der Waals surface area contributed by atoms with E-state index in [4.69, 9.17) is 9.47 Å². The summed E-state index contributed by atoms with van der Waals surface area (Å²) in [5.41, 5.74) is 0. The van der Waals surface area contributed by atoms with Gasteiger partial charge in [-0.25, -0.2) is 0 Å². The summed E-state index contributed by atoms with van der Waals surface area (Å²) in [4.78, 5) is 14.4. The summed E-state index contributed by atoms with van der Waals surface area (Å²) < 4.78 is 11.5. The summed E-state index contributed by atoms with van der Waals surface area (Å²) in [6.45, 7) is 4.52. The van der Waals surface area contributed by atoms with E-state index in [1.165, 1.54) is 19.3 Å². The minimum absolute atomic E-state index is 0.0659. The Hall–Kier alpha value is -1.79. The van der Waals surface area contributed by atoms with Gasteiger partial charge in [0.25, 0.3) is 0 Å². The highest BCUT2D eigenvalue weighted by Gasteiger charge is 2.23. The molecule has 1 amide bonds. The van der Waals surface area contributed by atoms with Crippen molar-refractivity contribution in [3.8, 4) is 11.5 Å². The number of likely N-dealkylation sites (tertiary alicyclic amines) is 1. The van der Waals surface area contributed by atoms with Crippen molar-refractivity contribution >= 4 is 5.91 Å². The first-order valence-corrected chi connectivity index (χ1v) is 9.26. The zero-order chi connectivity index (χ0) is 17.5. The Morgan fingerprint density at radius 1 is 1.24 bits per heavy atom. The van der Waals surface area contributed by atoms with E-state index in [0.717, 1.165) is 37.1 Å². The van der Waals surface area contributed by atoms with Crippen LogP contribution in [0.15, 0.2) is 24.3 Å². The number of nitrogens with one attached hydrogen (secondary N) is 2. The quantitative estimate of drug-likeness (QED) is 0.778. The van der Waals surface area contributed by atoms with Gasteiger partial charge in [0.05, 0.1) is 13.1 Å². The first kappa shape index (κ1) is 18.0. The molecule has 0 radical (unpaired) electrons. The first-order valence-electron chi connectivity index (χ1n) is 9.26. The first-order chi connectivity index (χ1) is 12.2. The van der Waals surface area contributed by atoms with E-state index in [2.05, 4.69) is 15.5 Å². The van der Waals surface area contributed by atoms with Gasteiger partial charge in [0.1, 0.15) is 12.7 Å². The van der Waals surface area contributed by atoms with Crippen molar-refractivity contribution in [2.24, 2.45) is 5.92 Å². The van der Waals surface area contributed by atoms with Crippen LogP contribution in [0.3, 0.4) is 0 Å². The molecule has 6 nitrogen and oxygen atoms in total. The molecule has 1 saturated heterocycles. The smallest absolute Gasteiger partial charge is 0.234 e. The van der Waals surface area contributed by atoms with Crippen LogP contribution >= 0.6 is 0 Å². The van der Waals surface area contributed by atoms with Gasteiger partial charge in [0.15, 0.2) is 11.5 Å². The highest BCUT2D eigenvalue weighted by atomic mass is 16.6. The lowest BCUT2D eigenvalue weighted by molar-refractivity contribution is -0.123. The second kappa shape index (κ2) is 9.06. The van der Waals surface area contributed by atoms with E-state index in [9.17, 15) is 4.79 Å². The van der Waals surface area contributed by atoms with Gasteiger partial charge >= 0.3 is 0 Å². The summed E-state index contributed by atoms with van der Waals surface area (Å²) in [6, 6.07) is 7.63. The lowest BCUT2D eigenvalue weighted by Gasteiger charge is -2.31. The predicted octanol–water partition coefficient (Wildman–Crippen LogP) is 1.26. The minimum atomic E-state index is -0.133. The van der Waals surface area contributed by atoms with Gasteiger partial charge in [-0.05, 0) is 64.0 Å². The van der Waals surface area contributed by atoms with Crippen LogP contribution < -0.4 is 20.1 Å². The van der Waals surface area contributed by atoms with Crippen LogP contribution in [0.5, 0.6) is 11.5 Å². The van der Waals surface area contributed by atoms with Crippen molar-refractivity contribution in [3.63, 3.8) is 0 Å². The van der Waals surface area contributed by atoms with Gasteiger partial charge < -0.3 is 20.1 Å². The summed E-state index contributed by atoms with van der Waals surface area (Å²) >= 11 is 0. The van der Waals surface area contributed by atoms with E-state index in [1.807, 2.05) is 31.3 Å². The Morgan fingerprint density at radius 2 is 2.00 bits per heavy atom. The molecule has 138 valence electrons. The van der Waals surface area contributed by atoms with Crippen LogP contribution in [0.25, 0.3) is 0 Å². The number of rotatable bonds is 7. The molecular formula is C19H29N3O3. The Labute approximate surface area is 149 Å². The van der Waals surface area contributed by atoms with Crippen LogP contribution in [0.2, 0.25) is 0 Å². The molecule has 25 heavy (non-hydrogen) atoms. The van der Waals surface area contributed by atoms with E-state index >= 15 is 0 Å². The number of carbonyl (C=O) groups is 1. The highest BCUT2D eigenvalue weighted by molar-refractivity contribution is 5.78. The van der Waals surface area contributed by atoms with E-state index in [0.29, 0.717) is 19.7 Å². The molecule has 2 N–H and O–H groups in total. The molecule has 3 rings (SSSR count). The molecule has 6 heteroatoms. The SMILES string of the molecule is CNCCC1CCN(CC(=O)NCC2COc3ccccc3O2)CC1. The van der Waals surface area contributed by atoms with Gasteiger partial charge in [-0.2, -0.15) is 0 Å². The average Bonchev–Trinajstić information content (AvgIpc) is 2.65. The van der Waals surface area contributed by atoms with Crippen LogP contribution in [-0.2, 0) is 4.79 Å². The van der Waals surface area contributed by atoms with Crippen LogP contribution in [0.1, 0.15) is 19.3 Å². The number of piperidine rings is 1. The monoisotopic (exact) mass is 347 g/mol. The number of amides is 1. The molecule has 1 atom stereocenters. The third-order valence-corrected chi connectivity index (χ3v) is 4.97. The van der Waals surface area contributed by atoms with Crippen molar-refractivity contribution in [3.05, 3.63) is 24.3 Å². The molecule has 0 bridgehead atoms. The Balaban J connectivity index is 1.34. The summed E-state index contributed by atoms with van der Waals surface area (Å²) in [7, 11) is 2.00. The van der Waals surface area contributed by atoms with E-state index < -0.39 is 0 Å². The van der Waals surface area contributed by atoms with Gasteiger partial charge in [0, 0.05) is 0 Å². The fourth-order valence-electron chi connectivity index (χ4n) is 3.43. The van der Waals surface area contributed by atoms with Crippen LogP contribution in [0, 0.1) is 5.92 Å². The summed E-state index contributed by atoms with van der Waals surface area (Å²) in [5, 5.41) is 6.19. The lowest BCUT2D eigenvalue weighted by atomic mass is 9.93. The largest absolute Gasteiger partial charge is 0.486 e. The van der Waals surface area contributed by atoms with Crippen molar-refractivity contribution in [2.45, 2.75) is 25.4 Å². The Kier molecular flexibility index (Phi) is 6.53. The third-order valence-electron chi connectivity index (χ3n) is 4.97. The Bertz CT molecular complexity index is 559. The number of fused-ring (bicyclic) bond motifs is 1. The third kappa shape index (κ3) is 5.34. The number of hydrogen-bond donors (Lipinski definition) is 2. The number of benzene rings is 1. The van der Waals surface area contributed by atoms with Gasteiger partial charge in [-0.15, -0.1) is 0 Å². The van der Waals surface area contributed by atoms with Gasteiger partial charge in [-0.1, -0.05) is 12.1 Å². The van der Waals surface area contributed by atoms with Gasteiger partial charge in [0.2, 0.25) is 5.91 Å². The van der Waals surface area contributed by atoms with Crippen LogP contribution in [0.4, 0.5) is 0 Å². The van der Waals surface area contributed by atoms with Gasteiger partial charge in [-0.3, -0.25) is 9.69 Å². The normalized spacial score (nSPS) is 21.1. The molecule has 1 unspecified atom stereocenters. The molecular weight excluding hydrogens is 318 g/mol.